The highest BCUT2D eigenvalue weighted by atomic mass is 32.2. The molecule has 0 aromatic heterocycles. The van der Waals surface area contributed by atoms with Crippen molar-refractivity contribution in [2.24, 2.45) is 0 Å². The van der Waals surface area contributed by atoms with E-state index >= 15 is 0 Å². The van der Waals surface area contributed by atoms with Crippen molar-refractivity contribution in [2.75, 3.05) is 5.75 Å². The van der Waals surface area contributed by atoms with Gasteiger partial charge in [0, 0.05) is 5.25 Å². The van der Waals surface area contributed by atoms with Crippen LogP contribution in [0.15, 0.2) is 0 Å². The van der Waals surface area contributed by atoms with Gasteiger partial charge in [0.25, 0.3) is 0 Å². The predicted octanol–water partition coefficient (Wildman–Crippen LogP) is 2.43. The second kappa shape index (κ2) is 3.81. The molecule has 0 aromatic rings. The average molecular weight is 174 g/mol. The number of hydrogen-bond acceptors (Lipinski definition) is 2. The molecule has 2 unspecified atom stereocenters. The summed E-state index contributed by atoms with van der Waals surface area (Å²) in [6.45, 7) is 4.32. The number of aliphatic hydroxyl groups is 1. The summed E-state index contributed by atoms with van der Waals surface area (Å²) >= 11 is 1.90. The van der Waals surface area contributed by atoms with Crippen molar-refractivity contribution < 1.29 is 5.11 Å². The molecule has 1 heterocycles. The Labute approximate surface area is 73.6 Å². The van der Waals surface area contributed by atoms with Gasteiger partial charge in [0.2, 0.25) is 0 Å². The van der Waals surface area contributed by atoms with E-state index in [1.54, 1.807) is 0 Å². The summed E-state index contributed by atoms with van der Waals surface area (Å²) in [7, 11) is 0. The Balaban J connectivity index is 2.38. The van der Waals surface area contributed by atoms with Gasteiger partial charge >= 0.3 is 0 Å². The molecule has 0 saturated carbocycles. The van der Waals surface area contributed by atoms with Crippen LogP contribution in [0.1, 0.15) is 39.5 Å². The number of thioether (sulfide) groups is 1. The molecule has 0 amide bonds. The zero-order chi connectivity index (χ0) is 8.32. The van der Waals surface area contributed by atoms with Crippen LogP contribution in [0.3, 0.4) is 0 Å². The van der Waals surface area contributed by atoms with E-state index in [2.05, 4.69) is 13.8 Å². The van der Waals surface area contributed by atoms with Gasteiger partial charge in [-0.2, -0.15) is 11.8 Å². The molecule has 1 fully saturated rings. The van der Waals surface area contributed by atoms with E-state index in [9.17, 15) is 5.11 Å². The molecule has 0 bridgehead atoms. The Bertz CT molecular complexity index is 127. The highest BCUT2D eigenvalue weighted by Crippen LogP contribution is 2.38. The predicted molar refractivity (Wildman–Crippen MR) is 51.0 cm³/mol. The minimum absolute atomic E-state index is 0.333. The van der Waals surface area contributed by atoms with Crippen molar-refractivity contribution in [1.29, 1.82) is 0 Å². The van der Waals surface area contributed by atoms with Gasteiger partial charge < -0.3 is 5.11 Å². The van der Waals surface area contributed by atoms with E-state index in [1.165, 1.54) is 12.8 Å². The SMILES string of the molecule is CCCCC1(O)CCSC1C. The summed E-state index contributed by atoms with van der Waals surface area (Å²) < 4.78 is 0. The average Bonchev–Trinajstić information content (AvgIpc) is 2.30. The van der Waals surface area contributed by atoms with Crippen LogP contribution in [-0.4, -0.2) is 21.7 Å². The minimum atomic E-state index is -0.333. The molecule has 2 atom stereocenters. The van der Waals surface area contributed by atoms with Crippen molar-refractivity contribution in [2.45, 2.75) is 50.4 Å². The van der Waals surface area contributed by atoms with Crippen LogP contribution in [-0.2, 0) is 0 Å². The van der Waals surface area contributed by atoms with Gasteiger partial charge in [-0.05, 0) is 18.6 Å². The van der Waals surface area contributed by atoms with E-state index in [4.69, 9.17) is 0 Å². The Hall–Kier alpha value is 0.310. The van der Waals surface area contributed by atoms with Crippen LogP contribution in [0.25, 0.3) is 0 Å². The normalized spacial score (nSPS) is 37.9. The molecule has 0 aliphatic carbocycles. The number of hydrogen-bond donors (Lipinski definition) is 1. The minimum Gasteiger partial charge on any atom is -0.389 e. The van der Waals surface area contributed by atoms with Gasteiger partial charge in [-0.1, -0.05) is 26.7 Å². The van der Waals surface area contributed by atoms with E-state index in [-0.39, 0.29) is 5.60 Å². The van der Waals surface area contributed by atoms with Gasteiger partial charge in [0.15, 0.2) is 0 Å². The molecule has 1 aliphatic rings. The fourth-order valence-corrected chi connectivity index (χ4v) is 2.95. The van der Waals surface area contributed by atoms with Crippen molar-refractivity contribution in [3.63, 3.8) is 0 Å². The lowest BCUT2D eigenvalue weighted by Crippen LogP contribution is -2.34. The molecule has 0 spiro atoms. The van der Waals surface area contributed by atoms with Crippen LogP contribution < -0.4 is 0 Å². The van der Waals surface area contributed by atoms with Crippen LogP contribution in [0.2, 0.25) is 0 Å². The highest BCUT2D eigenvalue weighted by molar-refractivity contribution is 8.00. The quantitative estimate of drug-likeness (QED) is 0.709. The van der Waals surface area contributed by atoms with Crippen LogP contribution >= 0.6 is 11.8 Å². The summed E-state index contributed by atoms with van der Waals surface area (Å²) in [5.41, 5.74) is -0.333. The van der Waals surface area contributed by atoms with E-state index in [0.717, 1.165) is 18.6 Å². The molecule has 1 N–H and O–H groups in total. The number of rotatable bonds is 3. The number of unbranched alkanes of at least 4 members (excludes halogenated alkanes) is 1. The maximum atomic E-state index is 10.1. The Kier molecular flexibility index (Phi) is 3.26. The molecule has 11 heavy (non-hydrogen) atoms. The van der Waals surface area contributed by atoms with Gasteiger partial charge in [-0.25, -0.2) is 0 Å². The van der Waals surface area contributed by atoms with Crippen LogP contribution in [0, 0.1) is 0 Å². The third-order valence-corrected chi connectivity index (χ3v) is 4.00. The molecular weight excluding hydrogens is 156 g/mol. The molecule has 0 aromatic carbocycles. The van der Waals surface area contributed by atoms with Gasteiger partial charge in [-0.15, -0.1) is 0 Å². The maximum absolute atomic E-state index is 10.1. The Morgan fingerprint density at radius 3 is 2.82 bits per heavy atom. The van der Waals surface area contributed by atoms with Crippen molar-refractivity contribution in [1.82, 2.24) is 0 Å². The van der Waals surface area contributed by atoms with Crippen LogP contribution in [0.5, 0.6) is 0 Å². The van der Waals surface area contributed by atoms with E-state index in [1.807, 2.05) is 11.8 Å². The fraction of sp³-hybridized carbons (Fsp3) is 1.00. The molecule has 1 rings (SSSR count). The molecular formula is C9H18OS. The standard InChI is InChI=1S/C9H18OS/c1-3-4-5-9(10)6-7-11-8(9)2/h8,10H,3-7H2,1-2H3. The third-order valence-electron chi connectivity index (χ3n) is 2.62. The van der Waals surface area contributed by atoms with Crippen molar-refractivity contribution in [3.8, 4) is 0 Å². The molecule has 1 aliphatic heterocycles. The second-order valence-electron chi connectivity index (χ2n) is 3.47. The third kappa shape index (κ3) is 2.12. The molecule has 1 nitrogen and oxygen atoms in total. The monoisotopic (exact) mass is 174 g/mol. The van der Waals surface area contributed by atoms with E-state index in [0.29, 0.717) is 5.25 Å². The topological polar surface area (TPSA) is 20.2 Å². The largest absolute Gasteiger partial charge is 0.389 e. The van der Waals surface area contributed by atoms with E-state index < -0.39 is 0 Å². The summed E-state index contributed by atoms with van der Waals surface area (Å²) in [5.74, 6) is 1.14. The first-order chi connectivity index (χ1) is 5.19. The lowest BCUT2D eigenvalue weighted by Gasteiger charge is -2.26. The summed E-state index contributed by atoms with van der Waals surface area (Å²) in [6.07, 6.45) is 4.36. The first-order valence-corrected chi connectivity index (χ1v) is 5.58. The molecule has 2 heteroatoms. The summed E-state index contributed by atoms with van der Waals surface area (Å²) in [6, 6.07) is 0. The summed E-state index contributed by atoms with van der Waals surface area (Å²) in [4.78, 5) is 0. The maximum Gasteiger partial charge on any atom is 0.0771 e. The zero-order valence-corrected chi connectivity index (χ0v) is 8.28. The first kappa shape index (κ1) is 9.40. The lowest BCUT2D eigenvalue weighted by atomic mass is 9.91. The Morgan fingerprint density at radius 1 is 1.64 bits per heavy atom. The van der Waals surface area contributed by atoms with Crippen molar-refractivity contribution >= 4 is 11.8 Å². The van der Waals surface area contributed by atoms with Gasteiger partial charge in [0.1, 0.15) is 0 Å². The molecule has 66 valence electrons. The van der Waals surface area contributed by atoms with Gasteiger partial charge in [-0.3, -0.25) is 0 Å². The molecule has 1 saturated heterocycles. The first-order valence-electron chi connectivity index (χ1n) is 4.53. The van der Waals surface area contributed by atoms with Crippen LogP contribution in [0.4, 0.5) is 0 Å². The smallest absolute Gasteiger partial charge is 0.0771 e. The second-order valence-corrected chi connectivity index (χ2v) is 4.92. The highest BCUT2D eigenvalue weighted by Gasteiger charge is 2.37. The zero-order valence-electron chi connectivity index (χ0n) is 7.47. The fourth-order valence-electron chi connectivity index (χ4n) is 1.58. The van der Waals surface area contributed by atoms with Crippen molar-refractivity contribution in [3.05, 3.63) is 0 Å². The summed E-state index contributed by atoms with van der Waals surface area (Å²) in [5, 5.41) is 10.5. The molecule has 0 radical (unpaired) electrons. The lowest BCUT2D eigenvalue weighted by molar-refractivity contribution is 0.0350. The van der Waals surface area contributed by atoms with Gasteiger partial charge in [0.05, 0.1) is 5.60 Å². The Morgan fingerprint density at radius 2 is 2.36 bits per heavy atom.